The van der Waals surface area contributed by atoms with Crippen molar-refractivity contribution in [1.82, 2.24) is 0 Å². The van der Waals surface area contributed by atoms with Crippen LogP contribution in [0.2, 0.25) is 5.02 Å². The Kier molecular flexibility index (Phi) is 4.82. The molecule has 1 heterocycles. The molecule has 4 nitrogen and oxygen atoms in total. The number of benzene rings is 2. The fraction of sp³-hybridized carbons (Fsp3) is 0.320. The Morgan fingerprint density at radius 2 is 1.67 bits per heavy atom. The number of fused-ring (bicyclic) bond motifs is 3. The number of rotatable bonds is 4. The van der Waals surface area contributed by atoms with Gasteiger partial charge >= 0.3 is 0 Å². The molecule has 0 spiro atoms. The summed E-state index contributed by atoms with van der Waals surface area (Å²) < 4.78 is 0. The van der Waals surface area contributed by atoms with Crippen molar-refractivity contribution < 1.29 is 14.4 Å². The molecule has 2 aliphatic carbocycles. The first kappa shape index (κ1) is 19.3. The number of nitrogens with zero attached hydrogens (tertiary/aromatic N) is 1. The number of anilines is 1. The van der Waals surface area contributed by atoms with Crippen molar-refractivity contribution in [2.24, 2.45) is 23.7 Å². The molecule has 3 aliphatic rings. The molecule has 0 radical (unpaired) electrons. The highest BCUT2D eigenvalue weighted by molar-refractivity contribution is 6.30. The largest absolute Gasteiger partial charge is 0.294 e. The predicted octanol–water partition coefficient (Wildman–Crippen LogP) is 5.07. The summed E-state index contributed by atoms with van der Waals surface area (Å²) in [6.45, 7) is 0. The van der Waals surface area contributed by atoms with E-state index >= 15 is 0 Å². The summed E-state index contributed by atoms with van der Waals surface area (Å²) >= 11 is 5.94. The summed E-state index contributed by atoms with van der Waals surface area (Å²) in [5.74, 6) is -1.27. The number of imide groups is 1. The zero-order valence-corrected chi connectivity index (χ0v) is 17.2. The Balaban J connectivity index is 1.49. The molecule has 1 aliphatic heterocycles. The smallest absolute Gasteiger partial charge is 0.238 e. The first-order valence-corrected chi connectivity index (χ1v) is 10.8. The fourth-order valence-corrected chi connectivity index (χ4v) is 5.59. The average molecular weight is 420 g/mol. The maximum atomic E-state index is 13.5. The molecule has 0 N–H and O–H groups in total. The first-order chi connectivity index (χ1) is 14.5. The van der Waals surface area contributed by atoms with Gasteiger partial charge in [0.2, 0.25) is 11.8 Å². The highest BCUT2D eigenvalue weighted by Crippen LogP contribution is 2.52. The SMILES string of the molecule is O=C(C[C@H]1C=C2CCC[C@H]2C2C(=O)N(c3ccccc3)C(=O)C21)c1ccc(Cl)cc1. The summed E-state index contributed by atoms with van der Waals surface area (Å²) in [5.41, 5.74) is 2.45. The minimum absolute atomic E-state index is 0.0258. The standard InChI is InChI=1S/C25H22ClNO3/c26-18-11-9-15(10-12-18)21(28)14-17-13-16-5-4-8-20(16)23-22(17)24(29)27(25(23)30)19-6-2-1-3-7-19/h1-3,6-7,9-13,17,20,22-23H,4-5,8,14H2/t17-,20-,22?,23?/m1/s1. The van der Waals surface area contributed by atoms with Crippen LogP contribution >= 0.6 is 11.6 Å². The number of halogens is 1. The van der Waals surface area contributed by atoms with Crippen molar-refractivity contribution in [3.8, 4) is 0 Å². The van der Waals surface area contributed by atoms with E-state index in [0.717, 1.165) is 19.3 Å². The lowest BCUT2D eigenvalue weighted by molar-refractivity contribution is -0.122. The topological polar surface area (TPSA) is 54.5 Å². The van der Waals surface area contributed by atoms with E-state index in [1.54, 1.807) is 36.4 Å². The van der Waals surface area contributed by atoms with E-state index in [1.165, 1.54) is 10.5 Å². The van der Waals surface area contributed by atoms with Crippen LogP contribution < -0.4 is 4.90 Å². The minimum atomic E-state index is -0.471. The van der Waals surface area contributed by atoms with Gasteiger partial charge in [-0.25, -0.2) is 0 Å². The van der Waals surface area contributed by atoms with Gasteiger partial charge in [-0.1, -0.05) is 41.4 Å². The Morgan fingerprint density at radius 3 is 2.40 bits per heavy atom. The van der Waals surface area contributed by atoms with Crippen molar-refractivity contribution in [2.75, 3.05) is 4.90 Å². The number of carbonyl (C=O) groups is 3. The molecule has 5 heteroatoms. The Bertz CT molecular complexity index is 1040. The van der Waals surface area contributed by atoms with Crippen LogP contribution in [0.4, 0.5) is 5.69 Å². The van der Waals surface area contributed by atoms with Gasteiger partial charge in [0.1, 0.15) is 0 Å². The number of para-hydroxylation sites is 1. The number of hydrogen-bond acceptors (Lipinski definition) is 3. The highest BCUT2D eigenvalue weighted by Gasteiger charge is 2.57. The molecule has 2 unspecified atom stereocenters. The van der Waals surface area contributed by atoms with Crippen molar-refractivity contribution in [3.63, 3.8) is 0 Å². The molecule has 5 rings (SSSR count). The number of hydrogen-bond donors (Lipinski definition) is 0. The van der Waals surface area contributed by atoms with E-state index < -0.39 is 5.92 Å². The number of ketones is 1. The normalized spacial score (nSPS) is 27.6. The van der Waals surface area contributed by atoms with Gasteiger partial charge in [0.05, 0.1) is 17.5 Å². The minimum Gasteiger partial charge on any atom is -0.294 e. The summed E-state index contributed by atoms with van der Waals surface area (Å²) in [6, 6.07) is 16.0. The predicted molar refractivity (Wildman–Crippen MR) is 115 cm³/mol. The number of carbonyl (C=O) groups excluding carboxylic acids is 3. The molecule has 0 bridgehead atoms. The second-order valence-corrected chi connectivity index (χ2v) is 8.87. The molecule has 4 atom stereocenters. The third-order valence-corrected chi connectivity index (χ3v) is 7.03. The monoisotopic (exact) mass is 419 g/mol. The number of Topliss-reactive ketones (excluding diaryl/α,β-unsaturated/α-hetero) is 1. The van der Waals surface area contributed by atoms with Crippen LogP contribution in [-0.2, 0) is 9.59 Å². The van der Waals surface area contributed by atoms with Crippen molar-refractivity contribution in [3.05, 3.63) is 76.8 Å². The molecule has 2 fully saturated rings. The lowest BCUT2D eigenvalue weighted by atomic mass is 9.67. The lowest BCUT2D eigenvalue weighted by Crippen LogP contribution is -2.35. The van der Waals surface area contributed by atoms with Crippen LogP contribution in [0.25, 0.3) is 0 Å². The molecule has 1 saturated heterocycles. The van der Waals surface area contributed by atoms with Crippen molar-refractivity contribution in [1.29, 1.82) is 0 Å². The molecular weight excluding hydrogens is 398 g/mol. The number of allylic oxidation sites excluding steroid dienone is 2. The Morgan fingerprint density at radius 1 is 0.967 bits per heavy atom. The third-order valence-electron chi connectivity index (χ3n) is 6.78. The first-order valence-electron chi connectivity index (χ1n) is 10.5. The van der Waals surface area contributed by atoms with Crippen LogP contribution in [-0.4, -0.2) is 17.6 Å². The number of amides is 2. The van der Waals surface area contributed by atoms with Gasteiger partial charge < -0.3 is 0 Å². The van der Waals surface area contributed by atoms with Crippen LogP contribution in [0.15, 0.2) is 66.2 Å². The molecule has 152 valence electrons. The molecule has 2 amide bonds. The lowest BCUT2D eigenvalue weighted by Gasteiger charge is -2.33. The van der Waals surface area contributed by atoms with Gasteiger partial charge in [0.15, 0.2) is 5.78 Å². The quantitative estimate of drug-likeness (QED) is 0.394. The van der Waals surface area contributed by atoms with Crippen molar-refractivity contribution in [2.45, 2.75) is 25.7 Å². The maximum Gasteiger partial charge on any atom is 0.238 e. The van der Waals surface area contributed by atoms with Gasteiger partial charge in [0, 0.05) is 17.0 Å². The van der Waals surface area contributed by atoms with E-state index in [-0.39, 0.29) is 41.8 Å². The fourth-order valence-electron chi connectivity index (χ4n) is 5.46. The van der Waals surface area contributed by atoms with Crippen LogP contribution in [0, 0.1) is 23.7 Å². The van der Waals surface area contributed by atoms with Crippen LogP contribution in [0.5, 0.6) is 0 Å². The second kappa shape index (κ2) is 7.51. The van der Waals surface area contributed by atoms with Gasteiger partial charge in [-0.3, -0.25) is 19.3 Å². The van der Waals surface area contributed by atoms with Gasteiger partial charge in [0.25, 0.3) is 0 Å². The average Bonchev–Trinajstić information content (AvgIpc) is 3.31. The molecule has 30 heavy (non-hydrogen) atoms. The maximum absolute atomic E-state index is 13.5. The van der Waals surface area contributed by atoms with Crippen LogP contribution in [0.1, 0.15) is 36.0 Å². The summed E-state index contributed by atoms with van der Waals surface area (Å²) in [7, 11) is 0. The van der Waals surface area contributed by atoms with E-state index in [0.29, 0.717) is 16.3 Å². The Hall–Kier alpha value is -2.72. The molecular formula is C25H22ClNO3. The molecule has 2 aromatic carbocycles. The third kappa shape index (κ3) is 3.10. The van der Waals surface area contributed by atoms with E-state index in [1.807, 2.05) is 18.2 Å². The summed E-state index contributed by atoms with van der Waals surface area (Å²) in [5, 5.41) is 0.579. The zero-order valence-electron chi connectivity index (χ0n) is 16.5. The molecule has 2 aromatic rings. The van der Waals surface area contributed by atoms with Crippen LogP contribution in [0.3, 0.4) is 0 Å². The Labute approximate surface area is 180 Å². The van der Waals surface area contributed by atoms with Gasteiger partial charge in [-0.2, -0.15) is 0 Å². The van der Waals surface area contributed by atoms with E-state index in [9.17, 15) is 14.4 Å². The summed E-state index contributed by atoms with van der Waals surface area (Å²) in [6.07, 6.45) is 5.27. The van der Waals surface area contributed by atoms with E-state index in [4.69, 9.17) is 11.6 Å². The van der Waals surface area contributed by atoms with Gasteiger partial charge in [-0.05, 0) is 67.5 Å². The molecule has 0 aromatic heterocycles. The van der Waals surface area contributed by atoms with E-state index in [2.05, 4.69) is 6.08 Å². The van der Waals surface area contributed by atoms with Gasteiger partial charge in [-0.15, -0.1) is 0 Å². The second-order valence-electron chi connectivity index (χ2n) is 8.44. The zero-order chi connectivity index (χ0) is 20.8. The van der Waals surface area contributed by atoms with Crippen molar-refractivity contribution >= 4 is 34.9 Å². The molecule has 1 saturated carbocycles. The highest BCUT2D eigenvalue weighted by atomic mass is 35.5. The summed E-state index contributed by atoms with van der Waals surface area (Å²) in [4.78, 5) is 41.2.